The normalized spacial score (nSPS) is 11.2. The zero-order valence-electron chi connectivity index (χ0n) is 16.4. The molecular formula is C20H25N5O2. The van der Waals surface area contributed by atoms with Crippen LogP contribution in [-0.4, -0.2) is 45.2 Å². The van der Waals surface area contributed by atoms with E-state index in [2.05, 4.69) is 34.9 Å². The van der Waals surface area contributed by atoms with Crippen LogP contribution >= 0.6 is 0 Å². The molecule has 2 amide bonds. The second kappa shape index (κ2) is 7.26. The van der Waals surface area contributed by atoms with Crippen LogP contribution in [0.1, 0.15) is 35.8 Å². The van der Waals surface area contributed by atoms with Crippen molar-refractivity contribution in [2.45, 2.75) is 26.3 Å². The molecule has 0 bridgehead atoms. The van der Waals surface area contributed by atoms with Crippen molar-refractivity contribution in [2.24, 2.45) is 7.05 Å². The summed E-state index contributed by atoms with van der Waals surface area (Å²) in [7, 11) is 5.40. The van der Waals surface area contributed by atoms with Crippen LogP contribution in [0, 0.1) is 0 Å². The fourth-order valence-corrected chi connectivity index (χ4v) is 3.03. The smallest absolute Gasteiger partial charge is 0.256 e. The fourth-order valence-electron chi connectivity index (χ4n) is 3.03. The highest BCUT2D eigenvalue weighted by Crippen LogP contribution is 2.25. The minimum Gasteiger partial charge on any atom is -0.347 e. The van der Waals surface area contributed by atoms with Gasteiger partial charge in [-0.05, 0) is 29.5 Å². The molecule has 27 heavy (non-hydrogen) atoms. The van der Waals surface area contributed by atoms with E-state index >= 15 is 0 Å². The van der Waals surface area contributed by atoms with Crippen LogP contribution in [0.2, 0.25) is 0 Å². The van der Waals surface area contributed by atoms with Gasteiger partial charge in [0.2, 0.25) is 5.91 Å². The quantitative estimate of drug-likeness (QED) is 0.754. The van der Waals surface area contributed by atoms with E-state index in [0.717, 1.165) is 10.9 Å². The highest BCUT2D eigenvalue weighted by molar-refractivity contribution is 6.05. The van der Waals surface area contributed by atoms with Crippen molar-refractivity contribution in [3.8, 4) is 0 Å². The summed E-state index contributed by atoms with van der Waals surface area (Å²) in [6.07, 6.45) is 1.67. The number of carbonyl (C=O) groups excluding carboxylic acids is 2. The molecule has 0 fully saturated rings. The summed E-state index contributed by atoms with van der Waals surface area (Å²) in [5, 5.41) is 8.14. The number of aromatic nitrogens is 3. The summed E-state index contributed by atoms with van der Waals surface area (Å²) in [6, 6.07) is 9.51. The van der Waals surface area contributed by atoms with E-state index in [1.54, 1.807) is 26.4 Å². The number of amides is 2. The lowest BCUT2D eigenvalue weighted by atomic mass is 10.1. The molecular weight excluding hydrogens is 342 g/mol. The van der Waals surface area contributed by atoms with E-state index in [0.29, 0.717) is 17.3 Å². The SMILES string of the molecule is CC(C)c1cc2ccc(C(=O)Nc3ccn(CC(=O)N(C)C)n3)cc2n1C. The Morgan fingerprint density at radius 2 is 1.93 bits per heavy atom. The number of fused-ring (bicyclic) bond motifs is 1. The van der Waals surface area contributed by atoms with Gasteiger partial charge in [0.1, 0.15) is 6.54 Å². The lowest BCUT2D eigenvalue weighted by Crippen LogP contribution is -2.26. The Kier molecular flexibility index (Phi) is 5.03. The predicted molar refractivity (Wildman–Crippen MR) is 106 cm³/mol. The molecule has 0 saturated heterocycles. The van der Waals surface area contributed by atoms with Gasteiger partial charge in [-0.3, -0.25) is 14.3 Å². The van der Waals surface area contributed by atoms with Gasteiger partial charge in [-0.15, -0.1) is 0 Å². The molecule has 0 aliphatic heterocycles. The summed E-state index contributed by atoms with van der Waals surface area (Å²) in [4.78, 5) is 25.9. The zero-order chi connectivity index (χ0) is 19.7. The minimum absolute atomic E-state index is 0.0638. The van der Waals surface area contributed by atoms with Crippen LogP contribution < -0.4 is 5.32 Å². The van der Waals surface area contributed by atoms with Gasteiger partial charge in [0.05, 0.1) is 0 Å². The van der Waals surface area contributed by atoms with E-state index in [1.165, 1.54) is 15.3 Å². The fraction of sp³-hybridized carbons (Fsp3) is 0.350. The molecule has 1 N–H and O–H groups in total. The van der Waals surface area contributed by atoms with E-state index in [-0.39, 0.29) is 18.4 Å². The van der Waals surface area contributed by atoms with Crippen molar-refractivity contribution in [3.63, 3.8) is 0 Å². The Bertz CT molecular complexity index is 997. The summed E-state index contributed by atoms with van der Waals surface area (Å²) in [5.41, 5.74) is 2.82. The third kappa shape index (κ3) is 3.86. The maximum absolute atomic E-state index is 12.6. The van der Waals surface area contributed by atoms with Crippen molar-refractivity contribution < 1.29 is 9.59 Å². The highest BCUT2D eigenvalue weighted by atomic mass is 16.2. The van der Waals surface area contributed by atoms with Crippen molar-refractivity contribution in [1.29, 1.82) is 0 Å². The Labute approximate surface area is 158 Å². The van der Waals surface area contributed by atoms with Gasteiger partial charge in [-0.1, -0.05) is 19.9 Å². The number of likely N-dealkylation sites (N-methyl/N-ethyl adjacent to an activating group) is 1. The van der Waals surface area contributed by atoms with Crippen LogP contribution in [0.15, 0.2) is 36.5 Å². The number of aryl methyl sites for hydroxylation is 1. The number of carbonyl (C=O) groups is 2. The van der Waals surface area contributed by atoms with E-state index in [1.807, 2.05) is 25.2 Å². The molecule has 1 aromatic carbocycles. The molecule has 3 aromatic rings. The molecule has 0 spiro atoms. The first-order chi connectivity index (χ1) is 12.8. The molecule has 0 aliphatic rings. The average molecular weight is 367 g/mol. The summed E-state index contributed by atoms with van der Waals surface area (Å²) in [6.45, 7) is 4.44. The highest BCUT2D eigenvalue weighted by Gasteiger charge is 2.14. The average Bonchev–Trinajstić information content (AvgIpc) is 3.18. The van der Waals surface area contributed by atoms with E-state index < -0.39 is 0 Å². The van der Waals surface area contributed by atoms with Gasteiger partial charge >= 0.3 is 0 Å². The number of benzene rings is 1. The van der Waals surface area contributed by atoms with Crippen molar-refractivity contribution >= 4 is 28.5 Å². The first kappa shape index (κ1) is 18.7. The number of anilines is 1. The summed E-state index contributed by atoms with van der Waals surface area (Å²) >= 11 is 0. The molecule has 3 rings (SSSR count). The lowest BCUT2D eigenvalue weighted by Gasteiger charge is -2.09. The molecule has 7 nitrogen and oxygen atoms in total. The number of hydrogen-bond acceptors (Lipinski definition) is 3. The van der Waals surface area contributed by atoms with Crippen molar-refractivity contribution in [3.05, 3.63) is 47.8 Å². The van der Waals surface area contributed by atoms with Crippen LogP contribution in [0.5, 0.6) is 0 Å². The maximum atomic E-state index is 12.6. The van der Waals surface area contributed by atoms with Crippen LogP contribution in [0.3, 0.4) is 0 Å². The predicted octanol–water partition coefficient (Wildman–Crippen LogP) is 2.84. The van der Waals surface area contributed by atoms with E-state index in [9.17, 15) is 9.59 Å². The van der Waals surface area contributed by atoms with Gasteiger partial charge in [-0.2, -0.15) is 5.10 Å². The molecule has 0 radical (unpaired) electrons. The molecule has 0 unspecified atom stereocenters. The van der Waals surface area contributed by atoms with Crippen LogP contribution in [0.4, 0.5) is 5.82 Å². The molecule has 2 aromatic heterocycles. The standard InChI is InChI=1S/C20H25N5O2/c1-13(2)16-10-14-6-7-15(11-17(14)24(16)5)20(27)21-18-8-9-25(22-18)12-19(26)23(3)4/h6-11,13H,12H2,1-5H3,(H,21,22,27). The number of nitrogens with zero attached hydrogens (tertiary/aromatic N) is 4. The molecule has 0 saturated carbocycles. The van der Waals surface area contributed by atoms with Gasteiger partial charge < -0.3 is 14.8 Å². The molecule has 142 valence electrons. The maximum Gasteiger partial charge on any atom is 0.256 e. The summed E-state index contributed by atoms with van der Waals surface area (Å²) in [5.74, 6) is 0.536. The second-order valence-corrected chi connectivity index (χ2v) is 7.20. The number of rotatable bonds is 5. The van der Waals surface area contributed by atoms with Crippen molar-refractivity contribution in [2.75, 3.05) is 19.4 Å². The molecule has 7 heteroatoms. The third-order valence-corrected chi connectivity index (χ3v) is 4.61. The Hall–Kier alpha value is -3.09. The Morgan fingerprint density at radius 1 is 1.19 bits per heavy atom. The second-order valence-electron chi connectivity index (χ2n) is 7.20. The van der Waals surface area contributed by atoms with Gasteiger partial charge in [-0.25, -0.2) is 0 Å². The van der Waals surface area contributed by atoms with Gasteiger partial charge in [0.25, 0.3) is 5.91 Å². The number of nitrogens with one attached hydrogen (secondary N) is 1. The largest absolute Gasteiger partial charge is 0.347 e. The third-order valence-electron chi connectivity index (χ3n) is 4.61. The van der Waals surface area contributed by atoms with Crippen LogP contribution in [-0.2, 0) is 18.4 Å². The first-order valence-corrected chi connectivity index (χ1v) is 8.90. The lowest BCUT2D eigenvalue weighted by molar-refractivity contribution is -0.129. The van der Waals surface area contributed by atoms with Crippen molar-refractivity contribution in [1.82, 2.24) is 19.2 Å². The Balaban J connectivity index is 1.77. The van der Waals surface area contributed by atoms with Crippen LogP contribution in [0.25, 0.3) is 10.9 Å². The van der Waals surface area contributed by atoms with Gasteiger partial charge in [0.15, 0.2) is 5.82 Å². The molecule has 2 heterocycles. The molecule has 0 atom stereocenters. The molecule has 0 aliphatic carbocycles. The number of hydrogen-bond donors (Lipinski definition) is 1. The minimum atomic E-state index is -0.228. The summed E-state index contributed by atoms with van der Waals surface area (Å²) < 4.78 is 3.63. The topological polar surface area (TPSA) is 72.2 Å². The first-order valence-electron chi connectivity index (χ1n) is 8.90. The zero-order valence-corrected chi connectivity index (χ0v) is 16.4. The monoisotopic (exact) mass is 367 g/mol. The van der Waals surface area contributed by atoms with E-state index in [4.69, 9.17) is 0 Å². The van der Waals surface area contributed by atoms with Gasteiger partial charge in [0, 0.05) is 50.2 Å². The Morgan fingerprint density at radius 3 is 2.59 bits per heavy atom.